The molecule has 1 fully saturated rings. The predicted molar refractivity (Wildman–Crippen MR) is 92.4 cm³/mol. The van der Waals surface area contributed by atoms with Gasteiger partial charge in [0.05, 0.1) is 0 Å². The van der Waals surface area contributed by atoms with Gasteiger partial charge in [0.1, 0.15) is 0 Å². The standard InChI is InChI=1S/C19H25N3O2/c1-3-15-9-6-7-13-22(15)18(23)12-11-17-20-19(21-24-17)16-10-5-4-8-14(16)2/h4-5,8,10,15H,3,6-7,9,11-13H2,1-2H3. The monoisotopic (exact) mass is 327 g/mol. The van der Waals surface area contributed by atoms with E-state index in [1.165, 1.54) is 6.42 Å². The Morgan fingerprint density at radius 1 is 1.33 bits per heavy atom. The largest absolute Gasteiger partial charge is 0.340 e. The molecule has 0 N–H and O–H groups in total. The number of benzene rings is 1. The number of aromatic nitrogens is 2. The first-order valence-electron chi connectivity index (χ1n) is 8.87. The fourth-order valence-electron chi connectivity index (χ4n) is 3.40. The topological polar surface area (TPSA) is 59.2 Å². The smallest absolute Gasteiger partial charge is 0.227 e. The molecule has 5 heteroatoms. The van der Waals surface area contributed by atoms with E-state index in [9.17, 15) is 4.79 Å². The lowest BCUT2D eigenvalue weighted by Crippen LogP contribution is -2.43. The SMILES string of the molecule is CCC1CCCCN1C(=O)CCc1nc(-c2ccccc2C)no1. The van der Waals surface area contributed by atoms with Gasteiger partial charge in [0.15, 0.2) is 0 Å². The Balaban J connectivity index is 1.61. The molecule has 2 aromatic rings. The molecule has 0 bridgehead atoms. The molecule has 0 aliphatic carbocycles. The van der Waals surface area contributed by atoms with Crippen LogP contribution in [0.4, 0.5) is 0 Å². The number of aryl methyl sites for hydroxylation is 2. The summed E-state index contributed by atoms with van der Waals surface area (Å²) in [6, 6.07) is 8.35. The van der Waals surface area contributed by atoms with Crippen LogP contribution in [0.3, 0.4) is 0 Å². The van der Waals surface area contributed by atoms with Gasteiger partial charge in [0.25, 0.3) is 0 Å². The van der Waals surface area contributed by atoms with E-state index in [2.05, 4.69) is 17.1 Å². The van der Waals surface area contributed by atoms with Crippen molar-refractivity contribution in [3.8, 4) is 11.4 Å². The van der Waals surface area contributed by atoms with E-state index in [0.717, 1.165) is 36.9 Å². The molecule has 1 aliphatic heterocycles. The van der Waals surface area contributed by atoms with Crippen LogP contribution in [0.1, 0.15) is 50.5 Å². The van der Waals surface area contributed by atoms with Crippen molar-refractivity contribution in [1.82, 2.24) is 15.0 Å². The molecule has 1 atom stereocenters. The lowest BCUT2D eigenvalue weighted by atomic mass is 9.99. The quantitative estimate of drug-likeness (QED) is 0.839. The summed E-state index contributed by atoms with van der Waals surface area (Å²) >= 11 is 0. The number of carbonyl (C=O) groups is 1. The van der Waals surface area contributed by atoms with Crippen LogP contribution in [0, 0.1) is 6.92 Å². The second-order valence-corrected chi connectivity index (χ2v) is 6.47. The minimum absolute atomic E-state index is 0.206. The molecule has 24 heavy (non-hydrogen) atoms. The lowest BCUT2D eigenvalue weighted by Gasteiger charge is -2.35. The molecular weight excluding hydrogens is 302 g/mol. The molecular formula is C19H25N3O2. The van der Waals surface area contributed by atoms with Gasteiger partial charge in [0.2, 0.25) is 17.6 Å². The highest BCUT2D eigenvalue weighted by molar-refractivity contribution is 5.76. The lowest BCUT2D eigenvalue weighted by molar-refractivity contribution is -0.135. The molecule has 1 aromatic carbocycles. The van der Waals surface area contributed by atoms with Gasteiger partial charge >= 0.3 is 0 Å². The van der Waals surface area contributed by atoms with Gasteiger partial charge in [-0.05, 0) is 38.2 Å². The van der Waals surface area contributed by atoms with Crippen molar-refractivity contribution in [3.63, 3.8) is 0 Å². The third kappa shape index (κ3) is 3.66. The zero-order valence-electron chi connectivity index (χ0n) is 14.5. The maximum Gasteiger partial charge on any atom is 0.227 e. The van der Waals surface area contributed by atoms with E-state index >= 15 is 0 Å². The van der Waals surface area contributed by atoms with Crippen LogP contribution < -0.4 is 0 Å². The van der Waals surface area contributed by atoms with Gasteiger partial charge in [-0.3, -0.25) is 4.79 Å². The molecule has 1 aromatic heterocycles. The zero-order valence-corrected chi connectivity index (χ0v) is 14.5. The first kappa shape index (κ1) is 16.7. The summed E-state index contributed by atoms with van der Waals surface area (Å²) in [6.07, 6.45) is 5.44. The van der Waals surface area contributed by atoms with Crippen LogP contribution in [0.25, 0.3) is 11.4 Å². The van der Waals surface area contributed by atoms with Crippen LogP contribution in [-0.2, 0) is 11.2 Å². The van der Waals surface area contributed by atoms with Crippen molar-refractivity contribution in [3.05, 3.63) is 35.7 Å². The van der Waals surface area contributed by atoms with Gasteiger partial charge in [-0.15, -0.1) is 0 Å². The molecule has 0 radical (unpaired) electrons. The van der Waals surface area contributed by atoms with Crippen LogP contribution in [0.15, 0.2) is 28.8 Å². The highest BCUT2D eigenvalue weighted by atomic mass is 16.5. The third-order valence-corrected chi connectivity index (χ3v) is 4.83. The number of piperidine rings is 1. The Labute approximate surface area is 143 Å². The first-order valence-corrected chi connectivity index (χ1v) is 8.87. The minimum atomic E-state index is 0.206. The number of likely N-dealkylation sites (tertiary alicyclic amines) is 1. The highest BCUT2D eigenvalue weighted by Gasteiger charge is 2.25. The Morgan fingerprint density at radius 2 is 2.17 bits per heavy atom. The Morgan fingerprint density at radius 3 is 2.96 bits per heavy atom. The van der Waals surface area contributed by atoms with Gasteiger partial charge in [-0.1, -0.05) is 36.3 Å². The van der Waals surface area contributed by atoms with Crippen molar-refractivity contribution in [2.24, 2.45) is 0 Å². The summed E-state index contributed by atoms with van der Waals surface area (Å²) in [4.78, 5) is 19.0. The second kappa shape index (κ2) is 7.60. The summed E-state index contributed by atoms with van der Waals surface area (Å²) in [6.45, 7) is 5.06. The fraction of sp³-hybridized carbons (Fsp3) is 0.526. The molecule has 1 unspecified atom stereocenters. The number of nitrogens with zero attached hydrogens (tertiary/aromatic N) is 3. The normalized spacial score (nSPS) is 17.9. The molecule has 1 aliphatic rings. The number of hydrogen-bond acceptors (Lipinski definition) is 4. The molecule has 3 rings (SSSR count). The Kier molecular flexibility index (Phi) is 5.28. The minimum Gasteiger partial charge on any atom is -0.340 e. The first-order chi connectivity index (χ1) is 11.7. The van der Waals surface area contributed by atoms with Crippen molar-refractivity contribution in [2.45, 2.75) is 58.4 Å². The molecule has 1 amide bonds. The number of carbonyl (C=O) groups excluding carboxylic acids is 1. The van der Waals surface area contributed by atoms with E-state index in [1.54, 1.807) is 0 Å². The second-order valence-electron chi connectivity index (χ2n) is 6.47. The van der Waals surface area contributed by atoms with Crippen LogP contribution in [0.5, 0.6) is 0 Å². The maximum absolute atomic E-state index is 12.5. The molecule has 5 nitrogen and oxygen atoms in total. The van der Waals surface area contributed by atoms with Crippen molar-refractivity contribution in [1.29, 1.82) is 0 Å². The number of rotatable bonds is 5. The molecule has 2 heterocycles. The molecule has 1 saturated heterocycles. The van der Waals surface area contributed by atoms with E-state index in [1.807, 2.05) is 36.1 Å². The average molecular weight is 327 g/mol. The van der Waals surface area contributed by atoms with Crippen molar-refractivity contribution < 1.29 is 9.32 Å². The molecule has 0 saturated carbocycles. The molecule has 128 valence electrons. The van der Waals surface area contributed by atoms with E-state index in [4.69, 9.17) is 4.52 Å². The summed E-state index contributed by atoms with van der Waals surface area (Å²) in [7, 11) is 0. The molecule has 0 spiro atoms. The van der Waals surface area contributed by atoms with Gasteiger partial charge in [-0.2, -0.15) is 4.98 Å². The van der Waals surface area contributed by atoms with E-state index in [0.29, 0.717) is 30.6 Å². The number of amides is 1. The summed E-state index contributed by atoms with van der Waals surface area (Å²) in [5, 5.41) is 4.06. The summed E-state index contributed by atoms with van der Waals surface area (Å²) in [5.74, 6) is 1.34. The Bertz CT molecular complexity index is 695. The maximum atomic E-state index is 12.5. The van der Waals surface area contributed by atoms with Crippen molar-refractivity contribution in [2.75, 3.05) is 6.54 Å². The fourth-order valence-corrected chi connectivity index (χ4v) is 3.40. The third-order valence-electron chi connectivity index (χ3n) is 4.83. The van der Waals surface area contributed by atoms with Crippen LogP contribution >= 0.6 is 0 Å². The zero-order chi connectivity index (χ0) is 16.9. The summed E-state index contributed by atoms with van der Waals surface area (Å²) < 4.78 is 5.33. The summed E-state index contributed by atoms with van der Waals surface area (Å²) in [5.41, 5.74) is 2.08. The van der Waals surface area contributed by atoms with Crippen molar-refractivity contribution >= 4 is 5.91 Å². The number of hydrogen-bond donors (Lipinski definition) is 0. The van der Waals surface area contributed by atoms with Gasteiger partial charge < -0.3 is 9.42 Å². The van der Waals surface area contributed by atoms with Crippen LogP contribution in [0.2, 0.25) is 0 Å². The van der Waals surface area contributed by atoms with Gasteiger partial charge in [0, 0.05) is 31.0 Å². The van der Waals surface area contributed by atoms with Crippen LogP contribution in [-0.4, -0.2) is 33.5 Å². The van der Waals surface area contributed by atoms with E-state index < -0.39 is 0 Å². The Hall–Kier alpha value is -2.17. The predicted octanol–water partition coefficient (Wildman–Crippen LogP) is 3.77. The highest BCUT2D eigenvalue weighted by Crippen LogP contribution is 2.22. The average Bonchev–Trinajstić information content (AvgIpc) is 3.08. The van der Waals surface area contributed by atoms with E-state index in [-0.39, 0.29) is 5.91 Å². The van der Waals surface area contributed by atoms with Gasteiger partial charge in [-0.25, -0.2) is 0 Å².